The van der Waals surface area contributed by atoms with E-state index >= 15 is 0 Å². The van der Waals surface area contributed by atoms with Crippen LogP contribution in [0, 0.1) is 0 Å². The zero-order valence-corrected chi connectivity index (χ0v) is 12.1. The van der Waals surface area contributed by atoms with E-state index in [2.05, 4.69) is 37.1 Å². The van der Waals surface area contributed by atoms with E-state index in [9.17, 15) is 0 Å². The van der Waals surface area contributed by atoms with Crippen molar-refractivity contribution in [2.24, 2.45) is 10.2 Å². The van der Waals surface area contributed by atoms with E-state index < -0.39 is 0 Å². The second kappa shape index (κ2) is 6.69. The lowest BCUT2D eigenvalue weighted by Crippen LogP contribution is -2.08. The summed E-state index contributed by atoms with van der Waals surface area (Å²) in [6.07, 6.45) is 5.14. The van der Waals surface area contributed by atoms with Crippen molar-refractivity contribution in [3.05, 3.63) is 24.0 Å². The summed E-state index contributed by atoms with van der Waals surface area (Å²) < 4.78 is 0. The molecule has 1 unspecified atom stereocenters. The number of nitrogens with zero attached hydrogens (tertiary/aromatic N) is 6. The van der Waals surface area contributed by atoms with Gasteiger partial charge in [-0.1, -0.05) is 20.3 Å². The molecule has 0 aliphatic rings. The molecule has 1 atom stereocenters. The van der Waals surface area contributed by atoms with Crippen molar-refractivity contribution in [2.75, 3.05) is 11.5 Å². The minimum atomic E-state index is 0.102. The maximum atomic E-state index is 5.96. The van der Waals surface area contributed by atoms with Gasteiger partial charge < -0.3 is 11.5 Å². The molecule has 0 aliphatic heterocycles. The molecule has 2 rings (SSSR count). The van der Waals surface area contributed by atoms with Gasteiger partial charge in [0.2, 0.25) is 0 Å². The van der Waals surface area contributed by atoms with Crippen LogP contribution in [-0.4, -0.2) is 19.9 Å². The first-order valence-corrected chi connectivity index (χ1v) is 6.73. The topological polar surface area (TPSA) is 128 Å². The quantitative estimate of drug-likeness (QED) is 0.813. The van der Waals surface area contributed by atoms with E-state index in [-0.39, 0.29) is 17.8 Å². The number of rotatable bonds is 5. The number of hydrogen-bond acceptors (Lipinski definition) is 8. The zero-order valence-electron chi connectivity index (χ0n) is 12.1. The van der Waals surface area contributed by atoms with Gasteiger partial charge in [-0.25, -0.2) is 9.97 Å². The van der Waals surface area contributed by atoms with E-state index in [4.69, 9.17) is 11.5 Å². The lowest BCUT2D eigenvalue weighted by Gasteiger charge is -2.14. The van der Waals surface area contributed by atoms with E-state index in [1.54, 1.807) is 18.5 Å². The molecule has 0 saturated heterocycles. The third-order valence-corrected chi connectivity index (χ3v) is 2.99. The molecule has 0 fully saturated rings. The molecule has 0 aliphatic carbocycles. The summed E-state index contributed by atoms with van der Waals surface area (Å²) in [7, 11) is 0. The normalized spacial score (nSPS) is 12.7. The third kappa shape index (κ3) is 3.68. The molecule has 110 valence electrons. The van der Waals surface area contributed by atoms with Crippen LogP contribution in [-0.2, 0) is 0 Å². The van der Waals surface area contributed by atoms with Crippen LogP contribution in [0.5, 0.6) is 0 Å². The van der Waals surface area contributed by atoms with E-state index in [0.717, 1.165) is 18.4 Å². The van der Waals surface area contributed by atoms with Gasteiger partial charge in [-0.05, 0) is 18.4 Å². The van der Waals surface area contributed by atoms with Gasteiger partial charge in [-0.2, -0.15) is 9.97 Å². The van der Waals surface area contributed by atoms with Crippen molar-refractivity contribution in [1.29, 1.82) is 0 Å². The average molecular weight is 286 g/mol. The first-order valence-electron chi connectivity index (χ1n) is 6.73. The number of nitrogen functional groups attached to an aromatic ring is 2. The highest BCUT2D eigenvalue weighted by Crippen LogP contribution is 2.30. The number of hydrogen-bond donors (Lipinski definition) is 2. The smallest absolute Gasteiger partial charge is 0.272 e. The monoisotopic (exact) mass is 286 g/mol. The Morgan fingerprint density at radius 2 is 1.62 bits per heavy atom. The number of azo groups is 1. The SMILES string of the molecule is CCCC(C)c1c(N)nc(N=Nc2ncccn2)nc1N. The summed E-state index contributed by atoms with van der Waals surface area (Å²) >= 11 is 0. The number of aromatic nitrogens is 4. The molecule has 0 radical (unpaired) electrons. The van der Waals surface area contributed by atoms with Gasteiger partial charge in [-0.3, -0.25) is 0 Å². The van der Waals surface area contributed by atoms with Crippen LogP contribution in [0.15, 0.2) is 28.7 Å². The largest absolute Gasteiger partial charge is 0.383 e. The molecule has 0 bridgehead atoms. The third-order valence-electron chi connectivity index (χ3n) is 2.99. The number of anilines is 2. The van der Waals surface area contributed by atoms with Crippen LogP contribution >= 0.6 is 0 Å². The second-order valence-corrected chi connectivity index (χ2v) is 4.65. The van der Waals surface area contributed by atoms with Crippen molar-refractivity contribution in [1.82, 2.24) is 19.9 Å². The van der Waals surface area contributed by atoms with Crippen LogP contribution < -0.4 is 11.5 Å². The molecule has 8 nitrogen and oxygen atoms in total. The fraction of sp³-hybridized carbons (Fsp3) is 0.385. The van der Waals surface area contributed by atoms with Gasteiger partial charge >= 0.3 is 0 Å². The summed E-state index contributed by atoms with van der Waals surface area (Å²) in [5.74, 6) is 1.21. The highest BCUT2D eigenvalue weighted by atomic mass is 15.3. The van der Waals surface area contributed by atoms with Crippen LogP contribution in [0.3, 0.4) is 0 Å². The lowest BCUT2D eigenvalue weighted by molar-refractivity contribution is 0.664. The van der Waals surface area contributed by atoms with Crippen molar-refractivity contribution in [2.45, 2.75) is 32.6 Å². The Morgan fingerprint density at radius 3 is 2.19 bits per heavy atom. The Balaban J connectivity index is 2.26. The standard InChI is InChI=1S/C13H18N8/c1-3-5-8(2)9-10(14)18-13(19-11(9)15)21-20-12-16-6-4-7-17-12/h4,6-8H,3,5H2,1-2H3,(H4,14,15,18,19). The maximum Gasteiger partial charge on any atom is 0.272 e. The van der Waals surface area contributed by atoms with Crippen molar-refractivity contribution >= 4 is 23.5 Å². The fourth-order valence-electron chi connectivity index (χ4n) is 2.05. The molecule has 0 saturated carbocycles. The minimum absolute atomic E-state index is 0.102. The predicted molar refractivity (Wildman–Crippen MR) is 80.4 cm³/mol. The first kappa shape index (κ1) is 14.8. The minimum Gasteiger partial charge on any atom is -0.383 e. The van der Waals surface area contributed by atoms with Crippen LogP contribution in [0.25, 0.3) is 0 Å². The zero-order chi connectivity index (χ0) is 15.2. The second-order valence-electron chi connectivity index (χ2n) is 4.65. The van der Waals surface area contributed by atoms with Gasteiger partial charge in [0.25, 0.3) is 11.9 Å². The van der Waals surface area contributed by atoms with E-state index in [1.807, 2.05) is 6.92 Å². The van der Waals surface area contributed by atoms with Crippen LogP contribution in [0.1, 0.15) is 38.2 Å². The molecular formula is C13H18N8. The van der Waals surface area contributed by atoms with Gasteiger partial charge in [0.05, 0.1) is 0 Å². The number of nitrogens with two attached hydrogens (primary N) is 2. The average Bonchev–Trinajstić information content (AvgIpc) is 2.46. The summed E-state index contributed by atoms with van der Waals surface area (Å²) in [5, 5.41) is 7.70. The summed E-state index contributed by atoms with van der Waals surface area (Å²) in [5.41, 5.74) is 12.7. The molecule has 21 heavy (non-hydrogen) atoms. The Morgan fingerprint density at radius 1 is 1.05 bits per heavy atom. The molecular weight excluding hydrogens is 268 g/mol. The van der Waals surface area contributed by atoms with E-state index in [1.165, 1.54) is 0 Å². The van der Waals surface area contributed by atoms with Gasteiger partial charge in [0.1, 0.15) is 11.6 Å². The summed E-state index contributed by atoms with van der Waals surface area (Å²) in [6, 6.07) is 1.69. The van der Waals surface area contributed by atoms with Gasteiger partial charge in [0.15, 0.2) is 0 Å². The maximum absolute atomic E-state index is 5.96. The first-order chi connectivity index (χ1) is 10.1. The van der Waals surface area contributed by atoms with E-state index in [0.29, 0.717) is 11.6 Å². The summed E-state index contributed by atoms with van der Waals surface area (Å²) in [4.78, 5) is 16.1. The van der Waals surface area contributed by atoms with Crippen molar-refractivity contribution < 1.29 is 0 Å². The Labute approximate surface area is 122 Å². The molecule has 2 aromatic rings. The van der Waals surface area contributed by atoms with Gasteiger partial charge in [-0.15, -0.1) is 10.2 Å². The predicted octanol–water partition coefficient (Wildman–Crippen LogP) is 2.75. The molecule has 0 spiro atoms. The lowest BCUT2D eigenvalue weighted by atomic mass is 9.97. The van der Waals surface area contributed by atoms with Crippen molar-refractivity contribution in [3.8, 4) is 0 Å². The van der Waals surface area contributed by atoms with Crippen LogP contribution in [0.2, 0.25) is 0 Å². The molecule has 2 aromatic heterocycles. The molecule has 8 heteroatoms. The Bertz CT molecular complexity index is 602. The molecule has 0 aromatic carbocycles. The summed E-state index contributed by atoms with van der Waals surface area (Å²) in [6.45, 7) is 4.15. The Hall–Kier alpha value is -2.64. The molecule has 4 N–H and O–H groups in total. The van der Waals surface area contributed by atoms with Crippen molar-refractivity contribution in [3.63, 3.8) is 0 Å². The fourth-order valence-corrected chi connectivity index (χ4v) is 2.05. The highest BCUT2D eigenvalue weighted by Gasteiger charge is 2.16. The van der Waals surface area contributed by atoms with Gasteiger partial charge in [0, 0.05) is 18.0 Å². The highest BCUT2D eigenvalue weighted by molar-refractivity contribution is 5.57. The Kier molecular flexibility index (Phi) is 4.70. The molecule has 0 amide bonds. The molecule has 2 heterocycles. The van der Waals surface area contributed by atoms with Crippen LogP contribution in [0.4, 0.5) is 23.5 Å².